The van der Waals surface area contributed by atoms with Gasteiger partial charge in [-0.15, -0.1) is 0 Å². The minimum absolute atomic E-state index is 0.00600. The molecule has 2 aromatic heterocycles. The fourth-order valence-corrected chi connectivity index (χ4v) is 5.39. The monoisotopic (exact) mass is 594 g/mol. The van der Waals surface area contributed by atoms with Crippen LogP contribution in [0.3, 0.4) is 0 Å². The van der Waals surface area contributed by atoms with Crippen molar-refractivity contribution in [2.45, 2.75) is 32.4 Å². The number of carbonyl (C=O) groups excluding carboxylic acids is 1. The van der Waals surface area contributed by atoms with Gasteiger partial charge in [0.05, 0.1) is 49.9 Å². The molecule has 1 aliphatic heterocycles. The molecular formula is C29H31BrN4O5. The minimum Gasteiger partial charge on any atom is -0.497 e. The van der Waals surface area contributed by atoms with Crippen LogP contribution in [0.25, 0.3) is 16.8 Å². The first-order valence-corrected chi connectivity index (χ1v) is 13.5. The van der Waals surface area contributed by atoms with E-state index in [1.54, 1.807) is 32.0 Å². The maximum absolute atomic E-state index is 13.0. The molecule has 39 heavy (non-hydrogen) atoms. The van der Waals surface area contributed by atoms with Gasteiger partial charge < -0.3 is 23.8 Å². The normalized spacial score (nSPS) is 16.8. The van der Waals surface area contributed by atoms with Gasteiger partial charge in [0.2, 0.25) is 11.8 Å². The molecule has 204 valence electrons. The summed E-state index contributed by atoms with van der Waals surface area (Å²) in [5.74, 6) is 2.58. The highest BCUT2D eigenvalue weighted by Crippen LogP contribution is 2.36. The first-order valence-electron chi connectivity index (χ1n) is 12.7. The Labute approximate surface area is 235 Å². The number of ether oxygens (including phenoxy) is 4. The molecule has 9 nitrogen and oxygen atoms in total. The molecule has 1 amide bonds. The lowest BCUT2D eigenvalue weighted by molar-refractivity contribution is -0.129. The van der Waals surface area contributed by atoms with Crippen LogP contribution in [-0.4, -0.2) is 59.4 Å². The van der Waals surface area contributed by atoms with Crippen molar-refractivity contribution in [2.24, 2.45) is 5.92 Å². The van der Waals surface area contributed by atoms with Gasteiger partial charge in [-0.1, -0.05) is 12.1 Å². The number of rotatable bonds is 9. The fraction of sp³-hybridized carbons (Fsp3) is 0.345. The Morgan fingerprint density at radius 1 is 1.00 bits per heavy atom. The average Bonchev–Trinajstić information content (AvgIpc) is 3.54. The molecule has 1 aliphatic rings. The number of methoxy groups -OCH3 is 3. The van der Waals surface area contributed by atoms with Gasteiger partial charge in [0, 0.05) is 24.4 Å². The molecule has 1 fully saturated rings. The van der Waals surface area contributed by atoms with E-state index in [0.29, 0.717) is 36.0 Å². The highest BCUT2D eigenvalue weighted by Gasteiger charge is 2.37. The predicted molar refractivity (Wildman–Crippen MR) is 151 cm³/mol. The number of likely N-dealkylation sites (tertiary alicyclic amines) is 1. The lowest BCUT2D eigenvalue weighted by atomic mass is 10.0. The van der Waals surface area contributed by atoms with Gasteiger partial charge in [0.15, 0.2) is 11.5 Å². The van der Waals surface area contributed by atoms with Crippen molar-refractivity contribution < 1.29 is 23.7 Å². The van der Waals surface area contributed by atoms with Crippen LogP contribution in [0.15, 0.2) is 59.3 Å². The molecule has 3 atom stereocenters. The number of hydrogen-bond acceptors (Lipinski definition) is 7. The summed E-state index contributed by atoms with van der Waals surface area (Å²) in [6, 6.07) is 13.4. The fourth-order valence-electron chi connectivity index (χ4n) is 4.95. The zero-order valence-electron chi connectivity index (χ0n) is 22.6. The van der Waals surface area contributed by atoms with Crippen molar-refractivity contribution in [1.82, 2.24) is 19.5 Å². The molecule has 0 radical (unpaired) electrons. The smallest absolute Gasteiger partial charge is 0.242 e. The third-order valence-electron chi connectivity index (χ3n) is 7.31. The molecule has 5 rings (SSSR count). The molecule has 3 unspecified atom stereocenters. The molecule has 0 saturated carbocycles. The Morgan fingerprint density at radius 2 is 1.74 bits per heavy atom. The van der Waals surface area contributed by atoms with E-state index in [0.717, 1.165) is 26.9 Å². The molecule has 1 saturated heterocycles. The average molecular weight is 595 g/mol. The van der Waals surface area contributed by atoms with Crippen molar-refractivity contribution in [3.05, 3.63) is 64.9 Å². The van der Waals surface area contributed by atoms with Gasteiger partial charge in [-0.05, 0) is 65.7 Å². The quantitative estimate of drug-likeness (QED) is 0.250. The van der Waals surface area contributed by atoms with E-state index >= 15 is 0 Å². The predicted octanol–water partition coefficient (Wildman–Crippen LogP) is 5.56. The van der Waals surface area contributed by atoms with Crippen molar-refractivity contribution in [2.75, 3.05) is 27.9 Å². The lowest BCUT2D eigenvalue weighted by Gasteiger charge is -2.26. The zero-order chi connectivity index (χ0) is 27.7. The van der Waals surface area contributed by atoms with Crippen molar-refractivity contribution in [3.63, 3.8) is 0 Å². The molecule has 0 N–H and O–H groups in total. The molecular weight excluding hydrogens is 564 g/mol. The SMILES string of the molecule is COc1ccc(C(C)N2CC(C(C)Oc3nc(-c4ccc(OC)c(OC)c4)cn4ncc(Br)c34)CC2=O)cc1. The molecule has 0 bridgehead atoms. The molecule has 0 aliphatic carbocycles. The van der Waals surface area contributed by atoms with E-state index in [-0.39, 0.29) is 24.0 Å². The molecule has 4 aromatic rings. The highest BCUT2D eigenvalue weighted by atomic mass is 79.9. The van der Waals surface area contributed by atoms with Gasteiger partial charge in [-0.2, -0.15) is 5.10 Å². The number of fused-ring (bicyclic) bond motifs is 1. The van der Waals surface area contributed by atoms with Gasteiger partial charge in [0.1, 0.15) is 17.4 Å². The first-order chi connectivity index (χ1) is 18.8. The van der Waals surface area contributed by atoms with Gasteiger partial charge in [-0.25, -0.2) is 9.50 Å². The van der Waals surface area contributed by atoms with Gasteiger partial charge in [0.25, 0.3) is 0 Å². The maximum atomic E-state index is 13.0. The number of nitrogens with zero attached hydrogens (tertiary/aromatic N) is 4. The number of amides is 1. The summed E-state index contributed by atoms with van der Waals surface area (Å²) in [5.41, 5.74) is 3.28. The summed E-state index contributed by atoms with van der Waals surface area (Å²) in [6.07, 6.45) is 3.70. The minimum atomic E-state index is -0.263. The Kier molecular flexibility index (Phi) is 7.65. The second-order valence-electron chi connectivity index (χ2n) is 9.57. The van der Waals surface area contributed by atoms with Crippen LogP contribution in [0.2, 0.25) is 0 Å². The Bertz CT molecular complexity index is 1490. The largest absolute Gasteiger partial charge is 0.497 e. The molecule has 0 spiro atoms. The van der Waals surface area contributed by atoms with Gasteiger partial charge in [-0.3, -0.25) is 4.79 Å². The van der Waals surface area contributed by atoms with Crippen molar-refractivity contribution in [3.8, 4) is 34.4 Å². The van der Waals surface area contributed by atoms with E-state index in [1.807, 2.05) is 60.5 Å². The topological polar surface area (TPSA) is 87.4 Å². The second-order valence-corrected chi connectivity index (χ2v) is 10.4. The lowest BCUT2D eigenvalue weighted by Crippen LogP contribution is -2.31. The van der Waals surface area contributed by atoms with Crippen LogP contribution < -0.4 is 18.9 Å². The molecule has 3 heterocycles. The number of aromatic nitrogens is 3. The van der Waals surface area contributed by atoms with Crippen LogP contribution in [-0.2, 0) is 4.79 Å². The summed E-state index contributed by atoms with van der Waals surface area (Å²) in [6.45, 7) is 4.64. The molecule has 10 heteroatoms. The summed E-state index contributed by atoms with van der Waals surface area (Å²) in [7, 11) is 4.84. The standard InChI is InChI=1S/C29H31BrN4O5/c1-17(19-6-9-22(36-3)10-7-19)33-15-21(13-27(33)35)18(2)39-29-28-23(30)14-31-34(28)16-24(32-29)20-8-11-25(37-4)26(12-20)38-5/h6-12,14,16-18,21H,13,15H2,1-5H3. The number of hydrogen-bond donors (Lipinski definition) is 0. The second kappa shape index (κ2) is 11.1. The van der Waals surface area contributed by atoms with Crippen molar-refractivity contribution in [1.29, 1.82) is 0 Å². The first kappa shape index (κ1) is 26.8. The summed E-state index contributed by atoms with van der Waals surface area (Å²) < 4.78 is 25.1. The zero-order valence-corrected chi connectivity index (χ0v) is 24.1. The Morgan fingerprint density at radius 3 is 2.44 bits per heavy atom. The number of carbonyl (C=O) groups is 1. The summed E-state index contributed by atoms with van der Waals surface area (Å²) in [4.78, 5) is 19.8. The van der Waals surface area contributed by atoms with E-state index < -0.39 is 0 Å². The van der Waals surface area contributed by atoms with Crippen LogP contribution in [0.1, 0.15) is 31.9 Å². The van der Waals surface area contributed by atoms with Crippen LogP contribution >= 0.6 is 15.9 Å². The third kappa shape index (κ3) is 5.25. The van der Waals surface area contributed by atoms with Crippen LogP contribution in [0.4, 0.5) is 0 Å². The van der Waals surface area contributed by atoms with Crippen molar-refractivity contribution >= 4 is 27.4 Å². The van der Waals surface area contributed by atoms with E-state index in [2.05, 4.69) is 28.0 Å². The van der Waals surface area contributed by atoms with E-state index in [1.165, 1.54) is 0 Å². The highest BCUT2D eigenvalue weighted by molar-refractivity contribution is 9.10. The Balaban J connectivity index is 1.39. The van der Waals surface area contributed by atoms with Crippen LogP contribution in [0.5, 0.6) is 23.1 Å². The maximum Gasteiger partial charge on any atom is 0.242 e. The molecule has 2 aromatic carbocycles. The summed E-state index contributed by atoms with van der Waals surface area (Å²) in [5, 5.41) is 4.46. The van der Waals surface area contributed by atoms with E-state index in [9.17, 15) is 4.79 Å². The summed E-state index contributed by atoms with van der Waals surface area (Å²) >= 11 is 3.58. The third-order valence-corrected chi connectivity index (χ3v) is 7.90. The number of benzene rings is 2. The van der Waals surface area contributed by atoms with E-state index in [4.69, 9.17) is 23.9 Å². The number of halogens is 1. The van der Waals surface area contributed by atoms with Gasteiger partial charge >= 0.3 is 0 Å². The van der Waals surface area contributed by atoms with Crippen LogP contribution in [0, 0.1) is 5.92 Å². The Hall–Kier alpha value is -3.79.